The molecule has 2 saturated heterocycles. The molecule has 0 radical (unpaired) electrons. The fourth-order valence-electron chi connectivity index (χ4n) is 9.21. The lowest BCUT2D eigenvalue weighted by atomic mass is 9.80. The second-order valence-corrected chi connectivity index (χ2v) is 17.3. The van der Waals surface area contributed by atoms with Crippen LogP contribution in [0.4, 0.5) is 4.79 Å². The normalized spacial score (nSPS) is 23.5. The van der Waals surface area contributed by atoms with Crippen molar-refractivity contribution in [3.05, 3.63) is 108 Å². The Bertz CT molecular complexity index is 2210. The van der Waals surface area contributed by atoms with Gasteiger partial charge in [-0.05, 0) is 104 Å². The van der Waals surface area contributed by atoms with Gasteiger partial charge in [-0.15, -0.1) is 0 Å². The van der Waals surface area contributed by atoms with Gasteiger partial charge in [0.15, 0.2) is 0 Å². The smallest absolute Gasteiger partial charge is 0.407 e. The number of hydrogen-bond acceptors (Lipinski definition) is 7. The van der Waals surface area contributed by atoms with E-state index in [-0.39, 0.29) is 18.0 Å². The summed E-state index contributed by atoms with van der Waals surface area (Å²) in [5.74, 6) is 9.79. The number of nitrogens with zero attached hydrogens (tertiary/aromatic N) is 2. The van der Waals surface area contributed by atoms with Crippen LogP contribution in [0.2, 0.25) is 0 Å². The number of aromatic nitrogens is 2. The number of aromatic amines is 1. The maximum atomic E-state index is 12.1. The van der Waals surface area contributed by atoms with Crippen LogP contribution in [0.15, 0.2) is 85.2 Å². The number of likely N-dealkylation sites (tertiary alicyclic amines) is 1. The van der Waals surface area contributed by atoms with E-state index in [1.807, 2.05) is 7.05 Å². The zero-order valence-corrected chi connectivity index (χ0v) is 34.8. The number of allylic oxidation sites excluding steroid dienone is 1. The number of fused-ring (bicyclic) bond motifs is 4. The molecule has 3 aromatic carbocycles. The summed E-state index contributed by atoms with van der Waals surface area (Å²) in [4.78, 5) is 23.3. The van der Waals surface area contributed by atoms with Crippen molar-refractivity contribution in [1.82, 2.24) is 36.1 Å². The van der Waals surface area contributed by atoms with Crippen molar-refractivity contribution in [2.24, 2.45) is 23.7 Å². The van der Waals surface area contributed by atoms with Gasteiger partial charge in [-0.2, -0.15) is 0 Å². The highest BCUT2D eigenvalue weighted by molar-refractivity contribution is 6.04. The first-order valence-corrected chi connectivity index (χ1v) is 20.8. The minimum absolute atomic E-state index is 0.171. The second-order valence-electron chi connectivity index (χ2n) is 17.3. The maximum absolute atomic E-state index is 12.1. The molecule has 3 aliphatic rings. The number of imidazole rings is 1. The largest absolute Gasteiger partial charge is 0.453 e. The van der Waals surface area contributed by atoms with Gasteiger partial charge in [-0.1, -0.05) is 82.5 Å². The Morgan fingerprint density at radius 1 is 1.02 bits per heavy atom. The number of methoxy groups -OCH3 is 1. The highest BCUT2D eigenvalue weighted by Gasteiger charge is 2.53. The molecule has 3 unspecified atom stereocenters. The van der Waals surface area contributed by atoms with E-state index in [4.69, 9.17) is 9.72 Å². The first-order valence-electron chi connectivity index (χ1n) is 20.8. The van der Waals surface area contributed by atoms with Crippen molar-refractivity contribution in [1.29, 1.82) is 0 Å². The van der Waals surface area contributed by atoms with Crippen LogP contribution in [0, 0.1) is 35.5 Å². The number of ether oxygens (including phenoxy) is 1. The Hall–Kier alpha value is -5.20. The summed E-state index contributed by atoms with van der Waals surface area (Å²) >= 11 is 0. The lowest BCUT2D eigenvalue weighted by Gasteiger charge is -2.37. The number of alkyl carbamates (subject to hydrolysis) is 1. The zero-order valence-electron chi connectivity index (χ0n) is 34.8. The summed E-state index contributed by atoms with van der Waals surface area (Å²) in [6.07, 6.45) is 7.17. The molecule has 7 atom stereocenters. The Balaban J connectivity index is 0.990. The van der Waals surface area contributed by atoms with Gasteiger partial charge in [0.1, 0.15) is 5.82 Å². The third kappa shape index (κ3) is 9.02. The van der Waals surface area contributed by atoms with Crippen LogP contribution >= 0.6 is 0 Å². The van der Waals surface area contributed by atoms with Crippen molar-refractivity contribution >= 4 is 33.6 Å². The first kappa shape index (κ1) is 40.0. The molecule has 3 heterocycles. The van der Waals surface area contributed by atoms with E-state index in [0.717, 1.165) is 87.9 Å². The fourth-order valence-corrected chi connectivity index (χ4v) is 9.21. The number of piperidine rings is 2. The number of benzene rings is 3. The Labute approximate surface area is 339 Å². The molecule has 7 rings (SSSR count). The molecule has 9 heteroatoms. The topological polar surface area (TPSA) is 106 Å². The molecule has 0 bridgehead atoms. The summed E-state index contributed by atoms with van der Waals surface area (Å²) in [7, 11) is 3.34. The van der Waals surface area contributed by atoms with Crippen LogP contribution in [0.25, 0.3) is 27.5 Å². The van der Waals surface area contributed by atoms with Crippen molar-refractivity contribution in [3.8, 4) is 11.8 Å². The summed E-state index contributed by atoms with van der Waals surface area (Å²) in [5, 5.41) is 16.0. The van der Waals surface area contributed by atoms with E-state index in [0.29, 0.717) is 35.9 Å². The molecule has 3 fully saturated rings. The number of rotatable bonds is 13. The van der Waals surface area contributed by atoms with Gasteiger partial charge in [0.2, 0.25) is 0 Å². The molecule has 5 N–H and O–H groups in total. The molecular formula is C48H61N7O2. The molecule has 4 aromatic rings. The summed E-state index contributed by atoms with van der Waals surface area (Å²) in [6.45, 7) is 20.7. The first-order chi connectivity index (χ1) is 27.4. The number of amides is 1. The van der Waals surface area contributed by atoms with Gasteiger partial charge in [0.05, 0.1) is 35.9 Å². The van der Waals surface area contributed by atoms with Gasteiger partial charge >= 0.3 is 6.09 Å². The highest BCUT2D eigenvalue weighted by atomic mass is 16.5. The lowest BCUT2D eigenvalue weighted by Crippen LogP contribution is -2.48. The van der Waals surface area contributed by atoms with Crippen molar-refractivity contribution < 1.29 is 9.53 Å². The third-order valence-electron chi connectivity index (χ3n) is 12.2. The summed E-state index contributed by atoms with van der Waals surface area (Å²) < 4.78 is 4.90. The van der Waals surface area contributed by atoms with Crippen LogP contribution in [0.5, 0.6) is 0 Å². The van der Waals surface area contributed by atoms with Crippen LogP contribution in [0.3, 0.4) is 0 Å². The third-order valence-corrected chi connectivity index (χ3v) is 12.2. The molecule has 9 nitrogen and oxygen atoms in total. The zero-order chi connectivity index (χ0) is 40.4. The number of carbonyl (C=O) groups excluding carboxylic acids is 1. The van der Waals surface area contributed by atoms with Crippen molar-refractivity contribution in [3.63, 3.8) is 0 Å². The molecule has 57 heavy (non-hydrogen) atoms. The Kier molecular flexibility index (Phi) is 12.0. The van der Waals surface area contributed by atoms with Gasteiger partial charge in [0, 0.05) is 60.1 Å². The Morgan fingerprint density at radius 3 is 2.49 bits per heavy atom. The van der Waals surface area contributed by atoms with E-state index in [9.17, 15) is 4.79 Å². The Morgan fingerprint density at radius 2 is 1.77 bits per heavy atom. The van der Waals surface area contributed by atoms with E-state index >= 15 is 0 Å². The molecule has 1 aromatic heterocycles. The predicted molar refractivity (Wildman–Crippen MR) is 233 cm³/mol. The molecule has 1 aliphatic carbocycles. The van der Waals surface area contributed by atoms with Crippen LogP contribution < -0.4 is 21.3 Å². The van der Waals surface area contributed by atoms with Crippen LogP contribution in [-0.2, 0) is 4.74 Å². The van der Waals surface area contributed by atoms with Crippen LogP contribution in [0.1, 0.15) is 95.3 Å². The lowest BCUT2D eigenvalue weighted by molar-refractivity contribution is 0.159. The van der Waals surface area contributed by atoms with Gasteiger partial charge in [-0.3, -0.25) is 0 Å². The van der Waals surface area contributed by atoms with E-state index in [1.54, 1.807) is 0 Å². The molecular weight excluding hydrogens is 707 g/mol. The van der Waals surface area contributed by atoms with Crippen LogP contribution in [-0.4, -0.2) is 65.8 Å². The highest BCUT2D eigenvalue weighted by Crippen LogP contribution is 2.50. The number of H-pyrrole nitrogens is 1. The molecule has 1 amide bonds. The molecule has 300 valence electrons. The average molecular weight is 768 g/mol. The quantitative estimate of drug-likeness (QED) is 0.0686. The van der Waals surface area contributed by atoms with Crippen molar-refractivity contribution in [2.45, 2.75) is 96.9 Å². The van der Waals surface area contributed by atoms with E-state index in [2.05, 4.69) is 152 Å². The standard InChI is InChI=1S/C48H61N7O2/c1-28(2)20-30(5)37-21-31(6)51-42(24-37)47-52-41-19-17-36-22-34(14-18-40(36)46(41)53-47)11-10-33-12-15-35(16-13-33)43(49-8)27-50-26-39-23-38-25-44(38)55(39)32(7)45(29(3)4)54-48(56)57-9/h12-19,22,27-29,31,37-39,42,44-45,49-51H,5,7,20-21,23-26H2,1-4,6,8-9H3,(H,52,53)(H,54,56)/b43-27-/t31-,37?,38-,39?,42-,44?,45-/m0/s1. The number of hydrogen-bond donors (Lipinski definition) is 5. The predicted octanol–water partition coefficient (Wildman–Crippen LogP) is 8.61. The van der Waals surface area contributed by atoms with Gasteiger partial charge in [-0.25, -0.2) is 9.78 Å². The van der Waals surface area contributed by atoms with E-state index < -0.39 is 6.09 Å². The molecule has 1 saturated carbocycles. The fraction of sp³-hybridized carbons (Fsp3) is 0.458. The van der Waals surface area contributed by atoms with Gasteiger partial charge in [0.25, 0.3) is 0 Å². The number of carbonyl (C=O) groups is 1. The van der Waals surface area contributed by atoms with E-state index in [1.165, 1.54) is 19.1 Å². The molecule has 2 aliphatic heterocycles. The number of nitrogens with one attached hydrogen (secondary N) is 5. The SMILES string of the molecule is C=C(CC(C)C)C1C[C@@H](c2nc3c(ccc4cc(C#Cc5ccc(/C(=C/NCC6C[C@H]7CC7N6C(=C)[C@@H](NC(=O)OC)C(C)C)NC)cc5)ccc43)[nH]2)N[C@@H](C)C1. The minimum atomic E-state index is -0.423. The summed E-state index contributed by atoms with van der Waals surface area (Å²) in [5.41, 5.74) is 8.42. The maximum Gasteiger partial charge on any atom is 0.407 e. The second kappa shape index (κ2) is 17.1. The van der Waals surface area contributed by atoms with Crippen molar-refractivity contribution in [2.75, 3.05) is 20.7 Å². The summed E-state index contributed by atoms with van der Waals surface area (Å²) in [6, 6.07) is 20.3. The van der Waals surface area contributed by atoms with Gasteiger partial charge < -0.3 is 35.9 Å². The minimum Gasteiger partial charge on any atom is -0.453 e. The molecule has 0 spiro atoms. The monoisotopic (exact) mass is 767 g/mol. The average Bonchev–Trinajstić information content (AvgIpc) is 3.63.